The van der Waals surface area contributed by atoms with Crippen LogP contribution in [0.4, 0.5) is 10.1 Å². The van der Waals surface area contributed by atoms with Gasteiger partial charge in [-0.25, -0.2) is 4.39 Å². The highest BCUT2D eigenvalue weighted by Gasteiger charge is 2.40. The zero-order valence-corrected chi connectivity index (χ0v) is 13.4. The molecular weight excluding hydrogens is 283 g/mol. The van der Waals surface area contributed by atoms with Crippen molar-refractivity contribution < 1.29 is 14.0 Å². The minimum atomic E-state index is -1.18. The predicted octanol–water partition coefficient (Wildman–Crippen LogP) is 3.05. The number of halogens is 1. The van der Waals surface area contributed by atoms with Crippen molar-refractivity contribution in [3.8, 4) is 0 Å². The number of nitrogens with zero attached hydrogens (tertiary/aromatic N) is 1. The first kappa shape index (κ1) is 16.5. The van der Waals surface area contributed by atoms with Crippen molar-refractivity contribution in [2.75, 3.05) is 18.4 Å². The summed E-state index contributed by atoms with van der Waals surface area (Å²) < 4.78 is 13.2. The van der Waals surface area contributed by atoms with Gasteiger partial charge in [-0.2, -0.15) is 0 Å². The molecule has 1 fully saturated rings. The number of piperidine rings is 1. The van der Waals surface area contributed by atoms with E-state index in [9.17, 15) is 14.0 Å². The molecule has 0 saturated carbocycles. The Balaban J connectivity index is 2.07. The molecule has 1 atom stereocenters. The summed E-state index contributed by atoms with van der Waals surface area (Å²) in [7, 11) is 0. The first-order valence-electron chi connectivity index (χ1n) is 7.67. The maximum atomic E-state index is 13.2. The van der Waals surface area contributed by atoms with Crippen molar-refractivity contribution in [1.29, 1.82) is 0 Å². The fourth-order valence-electron chi connectivity index (χ4n) is 2.72. The molecule has 22 heavy (non-hydrogen) atoms. The second-order valence-electron chi connectivity index (χ2n) is 6.59. The Labute approximate surface area is 130 Å². The molecule has 1 aliphatic heterocycles. The van der Waals surface area contributed by atoms with Gasteiger partial charge in [0.25, 0.3) is 0 Å². The van der Waals surface area contributed by atoms with E-state index in [2.05, 4.69) is 12.2 Å². The summed E-state index contributed by atoms with van der Waals surface area (Å²) in [5.74, 6) is -0.555. The Bertz CT molecular complexity index is 572. The third kappa shape index (κ3) is 3.64. The molecule has 1 saturated heterocycles. The van der Waals surface area contributed by atoms with Gasteiger partial charge in [0.1, 0.15) is 11.2 Å². The van der Waals surface area contributed by atoms with Crippen LogP contribution in [-0.2, 0) is 9.59 Å². The van der Waals surface area contributed by atoms with E-state index in [1.54, 1.807) is 24.8 Å². The average Bonchev–Trinajstić information content (AvgIpc) is 2.46. The number of amides is 2. The predicted molar refractivity (Wildman–Crippen MR) is 83.8 cm³/mol. The third-order valence-corrected chi connectivity index (χ3v) is 4.13. The fraction of sp³-hybridized carbons (Fsp3) is 0.529. The Morgan fingerprint density at radius 2 is 2.09 bits per heavy atom. The number of carbonyl (C=O) groups excluding carboxylic acids is 2. The molecule has 2 amide bonds. The van der Waals surface area contributed by atoms with Crippen LogP contribution in [0.1, 0.15) is 33.6 Å². The molecule has 1 N–H and O–H groups in total. The van der Waals surface area contributed by atoms with E-state index in [0.717, 1.165) is 12.8 Å². The first-order chi connectivity index (χ1) is 10.3. The Hall–Kier alpha value is -1.91. The van der Waals surface area contributed by atoms with Gasteiger partial charge in [0.05, 0.1) is 0 Å². The molecule has 1 aromatic carbocycles. The van der Waals surface area contributed by atoms with E-state index >= 15 is 0 Å². The third-order valence-electron chi connectivity index (χ3n) is 4.13. The molecule has 4 nitrogen and oxygen atoms in total. The van der Waals surface area contributed by atoms with Crippen LogP contribution >= 0.6 is 0 Å². The molecule has 0 radical (unpaired) electrons. The van der Waals surface area contributed by atoms with Gasteiger partial charge in [-0.05, 0) is 50.8 Å². The quantitative estimate of drug-likeness (QED) is 0.873. The zero-order chi connectivity index (χ0) is 16.3. The molecule has 1 aliphatic rings. The number of rotatable bonds is 3. The molecule has 1 heterocycles. The van der Waals surface area contributed by atoms with Crippen LogP contribution in [0.5, 0.6) is 0 Å². The van der Waals surface area contributed by atoms with Gasteiger partial charge in [0.2, 0.25) is 11.8 Å². The van der Waals surface area contributed by atoms with E-state index in [4.69, 9.17) is 0 Å². The number of anilines is 1. The molecule has 0 aromatic heterocycles. The van der Waals surface area contributed by atoms with E-state index in [1.165, 1.54) is 18.2 Å². The largest absolute Gasteiger partial charge is 0.342 e. The highest BCUT2D eigenvalue weighted by Crippen LogP contribution is 2.25. The van der Waals surface area contributed by atoms with Crippen LogP contribution in [0, 0.1) is 17.2 Å². The number of hydrogen-bond acceptors (Lipinski definition) is 2. The van der Waals surface area contributed by atoms with Gasteiger partial charge in [-0.1, -0.05) is 13.0 Å². The number of likely N-dealkylation sites (tertiary alicyclic amines) is 1. The maximum absolute atomic E-state index is 13.2. The van der Waals surface area contributed by atoms with Gasteiger partial charge in [0, 0.05) is 18.8 Å². The Kier molecular flexibility index (Phi) is 4.84. The number of nitrogens with one attached hydrogen (secondary N) is 1. The number of benzene rings is 1. The minimum absolute atomic E-state index is 0.173. The van der Waals surface area contributed by atoms with Crippen molar-refractivity contribution in [3.05, 3.63) is 30.1 Å². The monoisotopic (exact) mass is 306 g/mol. The molecule has 120 valence electrons. The van der Waals surface area contributed by atoms with E-state index < -0.39 is 17.1 Å². The molecule has 0 bridgehead atoms. The van der Waals surface area contributed by atoms with Crippen LogP contribution in [0.15, 0.2) is 24.3 Å². The van der Waals surface area contributed by atoms with Gasteiger partial charge in [-0.3, -0.25) is 9.59 Å². The van der Waals surface area contributed by atoms with Crippen molar-refractivity contribution in [2.24, 2.45) is 11.3 Å². The van der Waals surface area contributed by atoms with Crippen LogP contribution in [-0.4, -0.2) is 29.8 Å². The highest BCUT2D eigenvalue weighted by molar-refractivity contribution is 6.09. The summed E-state index contributed by atoms with van der Waals surface area (Å²) in [5.41, 5.74) is -0.818. The second-order valence-corrected chi connectivity index (χ2v) is 6.59. The summed E-state index contributed by atoms with van der Waals surface area (Å²) in [6, 6.07) is 5.67. The van der Waals surface area contributed by atoms with Gasteiger partial charge in [-0.15, -0.1) is 0 Å². The average molecular weight is 306 g/mol. The summed E-state index contributed by atoms with van der Waals surface area (Å²) in [6.45, 7) is 6.72. The smallest absolute Gasteiger partial charge is 0.239 e. The van der Waals surface area contributed by atoms with Crippen molar-refractivity contribution in [3.63, 3.8) is 0 Å². The van der Waals surface area contributed by atoms with E-state index in [1.807, 2.05) is 0 Å². The molecule has 0 aliphatic carbocycles. The van der Waals surface area contributed by atoms with Crippen LogP contribution in [0.3, 0.4) is 0 Å². The van der Waals surface area contributed by atoms with E-state index in [-0.39, 0.29) is 5.91 Å². The Morgan fingerprint density at radius 1 is 1.36 bits per heavy atom. The summed E-state index contributed by atoms with van der Waals surface area (Å²) in [5, 5.41) is 2.63. The summed E-state index contributed by atoms with van der Waals surface area (Å²) in [4.78, 5) is 26.8. The van der Waals surface area contributed by atoms with Crippen molar-refractivity contribution >= 4 is 17.5 Å². The maximum Gasteiger partial charge on any atom is 0.239 e. The van der Waals surface area contributed by atoms with E-state index in [0.29, 0.717) is 24.7 Å². The topological polar surface area (TPSA) is 49.4 Å². The molecule has 1 aromatic rings. The standard InChI is InChI=1S/C17H23FN2O2/c1-12-6-5-9-20(11-12)16(22)17(2,3)15(21)19-14-8-4-7-13(18)10-14/h4,7-8,10,12H,5-6,9,11H2,1-3H3,(H,19,21). The van der Waals surface area contributed by atoms with Gasteiger partial charge >= 0.3 is 0 Å². The van der Waals surface area contributed by atoms with Crippen molar-refractivity contribution in [1.82, 2.24) is 4.90 Å². The summed E-state index contributed by atoms with van der Waals surface area (Å²) >= 11 is 0. The van der Waals surface area contributed by atoms with Crippen LogP contribution < -0.4 is 5.32 Å². The highest BCUT2D eigenvalue weighted by atomic mass is 19.1. The Morgan fingerprint density at radius 3 is 2.73 bits per heavy atom. The number of hydrogen-bond donors (Lipinski definition) is 1. The van der Waals surface area contributed by atoms with Gasteiger partial charge < -0.3 is 10.2 Å². The SMILES string of the molecule is CC1CCCN(C(=O)C(C)(C)C(=O)Nc2cccc(F)c2)C1. The van der Waals surface area contributed by atoms with Crippen LogP contribution in [0.25, 0.3) is 0 Å². The lowest BCUT2D eigenvalue weighted by Gasteiger charge is -2.36. The fourth-order valence-corrected chi connectivity index (χ4v) is 2.72. The normalized spacial score (nSPS) is 18.9. The van der Waals surface area contributed by atoms with Crippen LogP contribution in [0.2, 0.25) is 0 Å². The lowest BCUT2D eigenvalue weighted by Crippen LogP contribution is -2.50. The molecule has 2 rings (SSSR count). The minimum Gasteiger partial charge on any atom is -0.342 e. The van der Waals surface area contributed by atoms with Crippen molar-refractivity contribution in [2.45, 2.75) is 33.6 Å². The molecule has 1 unspecified atom stereocenters. The lowest BCUT2D eigenvalue weighted by atomic mass is 9.88. The lowest BCUT2D eigenvalue weighted by molar-refractivity contribution is -0.147. The molecular formula is C17H23FN2O2. The summed E-state index contributed by atoms with van der Waals surface area (Å²) in [6.07, 6.45) is 2.08. The molecule has 5 heteroatoms. The zero-order valence-electron chi connectivity index (χ0n) is 13.4. The van der Waals surface area contributed by atoms with Gasteiger partial charge in [0.15, 0.2) is 0 Å². The number of carbonyl (C=O) groups is 2. The molecule has 0 spiro atoms. The first-order valence-corrected chi connectivity index (χ1v) is 7.67. The second kappa shape index (κ2) is 6.46.